The average molecular weight is 287 g/mol. The molecule has 0 unspecified atom stereocenters. The monoisotopic (exact) mass is 287 g/mol. The number of nitro benzene ring substituents is 1. The summed E-state index contributed by atoms with van der Waals surface area (Å²) in [7, 11) is 0. The molecular weight excluding hydrogens is 270 g/mol. The Bertz CT molecular complexity index is 654. The summed E-state index contributed by atoms with van der Waals surface area (Å²) in [4.78, 5) is 14.7. The number of aromatic nitrogens is 1. The molecule has 1 aliphatic heterocycles. The van der Waals surface area contributed by atoms with Crippen LogP contribution < -0.4 is 10.1 Å². The summed E-state index contributed by atoms with van der Waals surface area (Å²) in [6, 6.07) is 6.59. The smallest absolute Gasteiger partial charge is 0.270 e. The second kappa shape index (κ2) is 6.05. The predicted molar refractivity (Wildman–Crippen MR) is 79.5 cm³/mol. The van der Waals surface area contributed by atoms with Gasteiger partial charge in [-0.2, -0.15) is 0 Å². The molecule has 0 aliphatic carbocycles. The van der Waals surface area contributed by atoms with Crippen molar-refractivity contribution in [1.82, 2.24) is 10.3 Å². The van der Waals surface area contributed by atoms with Gasteiger partial charge < -0.3 is 10.1 Å². The second-order valence-corrected chi connectivity index (χ2v) is 5.28. The van der Waals surface area contributed by atoms with Gasteiger partial charge in [0.1, 0.15) is 0 Å². The lowest BCUT2D eigenvalue weighted by Gasteiger charge is -2.22. The topological polar surface area (TPSA) is 77.3 Å². The van der Waals surface area contributed by atoms with Gasteiger partial charge in [-0.15, -0.1) is 0 Å². The molecule has 0 amide bonds. The van der Waals surface area contributed by atoms with Crippen LogP contribution in [-0.4, -0.2) is 29.6 Å². The Labute approximate surface area is 122 Å². The van der Waals surface area contributed by atoms with Crippen LogP contribution in [0.4, 0.5) is 5.69 Å². The predicted octanol–water partition coefficient (Wildman–Crippen LogP) is 2.52. The molecule has 0 bridgehead atoms. The van der Waals surface area contributed by atoms with Crippen molar-refractivity contribution >= 4 is 16.5 Å². The number of piperidine rings is 1. The van der Waals surface area contributed by atoms with E-state index in [4.69, 9.17) is 4.74 Å². The Morgan fingerprint density at radius 3 is 2.90 bits per heavy atom. The first-order valence-corrected chi connectivity index (χ1v) is 7.11. The number of nitrogens with one attached hydrogen (secondary N) is 1. The molecule has 1 aliphatic rings. The first-order valence-electron chi connectivity index (χ1n) is 7.11. The van der Waals surface area contributed by atoms with E-state index in [1.807, 2.05) is 6.07 Å². The van der Waals surface area contributed by atoms with E-state index < -0.39 is 4.92 Å². The Hall–Kier alpha value is -2.21. The van der Waals surface area contributed by atoms with Crippen molar-refractivity contribution in [3.8, 4) is 5.88 Å². The van der Waals surface area contributed by atoms with Crippen LogP contribution >= 0.6 is 0 Å². The summed E-state index contributed by atoms with van der Waals surface area (Å²) in [5, 5.41) is 15.8. The molecular formula is C15H17N3O3. The molecule has 0 radical (unpaired) electrons. The minimum absolute atomic E-state index is 0.0576. The average Bonchev–Trinajstić information content (AvgIpc) is 2.53. The molecule has 1 aromatic carbocycles. The fourth-order valence-electron chi connectivity index (χ4n) is 2.60. The highest BCUT2D eigenvalue weighted by molar-refractivity contribution is 5.88. The van der Waals surface area contributed by atoms with Crippen LogP contribution in [0.3, 0.4) is 0 Å². The molecule has 6 nitrogen and oxygen atoms in total. The zero-order valence-electron chi connectivity index (χ0n) is 11.6. The number of fused-ring (bicyclic) bond motifs is 1. The van der Waals surface area contributed by atoms with Crippen molar-refractivity contribution in [3.63, 3.8) is 0 Å². The van der Waals surface area contributed by atoms with Crippen LogP contribution in [0, 0.1) is 16.0 Å². The van der Waals surface area contributed by atoms with Gasteiger partial charge in [-0.1, -0.05) is 0 Å². The van der Waals surface area contributed by atoms with Crippen LogP contribution in [0.5, 0.6) is 5.88 Å². The SMILES string of the molecule is O=[N+]([O-])c1ccc2ccnc(OCC3CCNCC3)c2c1. The van der Waals surface area contributed by atoms with Gasteiger partial charge in [0, 0.05) is 18.3 Å². The summed E-state index contributed by atoms with van der Waals surface area (Å²) in [5.41, 5.74) is 0.0576. The maximum Gasteiger partial charge on any atom is 0.270 e. The molecule has 1 aromatic heterocycles. The maximum absolute atomic E-state index is 10.9. The first-order chi connectivity index (χ1) is 10.2. The summed E-state index contributed by atoms with van der Waals surface area (Å²) < 4.78 is 5.83. The number of rotatable bonds is 4. The molecule has 3 rings (SSSR count). The Kier molecular flexibility index (Phi) is 3.96. The number of nitrogens with zero attached hydrogens (tertiary/aromatic N) is 2. The third-order valence-electron chi connectivity index (χ3n) is 3.84. The van der Waals surface area contributed by atoms with E-state index >= 15 is 0 Å². The molecule has 2 aromatic rings. The van der Waals surface area contributed by atoms with E-state index in [-0.39, 0.29) is 5.69 Å². The van der Waals surface area contributed by atoms with Gasteiger partial charge in [-0.25, -0.2) is 4.98 Å². The van der Waals surface area contributed by atoms with Crippen LogP contribution in [0.2, 0.25) is 0 Å². The Morgan fingerprint density at radius 2 is 2.14 bits per heavy atom. The van der Waals surface area contributed by atoms with Gasteiger partial charge in [0.05, 0.1) is 16.9 Å². The third-order valence-corrected chi connectivity index (χ3v) is 3.84. The van der Waals surface area contributed by atoms with E-state index in [1.165, 1.54) is 12.1 Å². The van der Waals surface area contributed by atoms with E-state index in [0.29, 0.717) is 23.8 Å². The number of non-ortho nitro benzene ring substituents is 1. The molecule has 0 saturated carbocycles. The van der Waals surface area contributed by atoms with Crippen molar-refractivity contribution in [2.75, 3.05) is 19.7 Å². The Balaban J connectivity index is 1.83. The lowest BCUT2D eigenvalue weighted by molar-refractivity contribution is -0.384. The van der Waals surface area contributed by atoms with Crippen LogP contribution in [0.25, 0.3) is 10.8 Å². The van der Waals surface area contributed by atoms with E-state index in [9.17, 15) is 10.1 Å². The van der Waals surface area contributed by atoms with Crippen LogP contribution in [-0.2, 0) is 0 Å². The fraction of sp³-hybridized carbons (Fsp3) is 0.400. The number of hydrogen-bond acceptors (Lipinski definition) is 5. The van der Waals surface area contributed by atoms with Gasteiger partial charge in [-0.05, 0) is 49.4 Å². The fourth-order valence-corrected chi connectivity index (χ4v) is 2.60. The minimum atomic E-state index is -0.400. The van der Waals surface area contributed by atoms with Crippen molar-refractivity contribution in [2.24, 2.45) is 5.92 Å². The van der Waals surface area contributed by atoms with Gasteiger partial charge >= 0.3 is 0 Å². The molecule has 1 N–H and O–H groups in total. The number of benzene rings is 1. The molecule has 110 valence electrons. The van der Waals surface area contributed by atoms with Crippen molar-refractivity contribution in [1.29, 1.82) is 0 Å². The largest absolute Gasteiger partial charge is 0.477 e. The lowest BCUT2D eigenvalue weighted by atomic mass is 9.99. The standard InChI is InChI=1S/C15H17N3O3/c19-18(20)13-2-1-12-5-8-17-15(14(12)9-13)21-10-11-3-6-16-7-4-11/h1-2,5,8-9,11,16H,3-4,6-7,10H2. The molecule has 1 saturated heterocycles. The highest BCUT2D eigenvalue weighted by atomic mass is 16.6. The number of pyridine rings is 1. The van der Waals surface area contributed by atoms with E-state index in [0.717, 1.165) is 31.3 Å². The van der Waals surface area contributed by atoms with Gasteiger partial charge in [0.2, 0.25) is 5.88 Å². The first kappa shape index (κ1) is 13.8. The summed E-state index contributed by atoms with van der Waals surface area (Å²) in [6.07, 6.45) is 3.85. The summed E-state index contributed by atoms with van der Waals surface area (Å²) in [5.74, 6) is 0.997. The highest BCUT2D eigenvalue weighted by Crippen LogP contribution is 2.27. The molecule has 1 fully saturated rings. The molecule has 0 atom stereocenters. The number of hydrogen-bond donors (Lipinski definition) is 1. The molecule has 0 spiro atoms. The van der Waals surface area contributed by atoms with Gasteiger partial charge in [0.15, 0.2) is 0 Å². The van der Waals surface area contributed by atoms with Crippen LogP contribution in [0.15, 0.2) is 30.5 Å². The van der Waals surface area contributed by atoms with Crippen molar-refractivity contribution < 1.29 is 9.66 Å². The van der Waals surface area contributed by atoms with Crippen molar-refractivity contribution in [3.05, 3.63) is 40.6 Å². The highest BCUT2D eigenvalue weighted by Gasteiger charge is 2.15. The van der Waals surface area contributed by atoms with Gasteiger partial charge in [-0.3, -0.25) is 10.1 Å². The molecule has 2 heterocycles. The number of nitro groups is 1. The second-order valence-electron chi connectivity index (χ2n) is 5.28. The Morgan fingerprint density at radius 1 is 1.33 bits per heavy atom. The van der Waals surface area contributed by atoms with Gasteiger partial charge in [0.25, 0.3) is 5.69 Å². The quantitative estimate of drug-likeness (QED) is 0.690. The van der Waals surface area contributed by atoms with E-state index in [1.54, 1.807) is 12.3 Å². The summed E-state index contributed by atoms with van der Waals surface area (Å²) in [6.45, 7) is 2.64. The number of ether oxygens (including phenoxy) is 1. The lowest BCUT2D eigenvalue weighted by Crippen LogP contribution is -2.30. The normalized spacial score (nSPS) is 16.0. The zero-order chi connectivity index (χ0) is 14.7. The molecule has 21 heavy (non-hydrogen) atoms. The maximum atomic E-state index is 10.9. The minimum Gasteiger partial charge on any atom is -0.477 e. The van der Waals surface area contributed by atoms with Crippen molar-refractivity contribution in [2.45, 2.75) is 12.8 Å². The third kappa shape index (κ3) is 3.11. The van der Waals surface area contributed by atoms with Crippen LogP contribution in [0.1, 0.15) is 12.8 Å². The zero-order valence-corrected chi connectivity index (χ0v) is 11.6. The summed E-state index contributed by atoms with van der Waals surface area (Å²) >= 11 is 0. The molecule has 6 heteroatoms. The van der Waals surface area contributed by atoms with E-state index in [2.05, 4.69) is 10.3 Å².